The van der Waals surface area contributed by atoms with Gasteiger partial charge in [-0.1, -0.05) is 0 Å². The van der Waals surface area contributed by atoms with E-state index in [9.17, 15) is 9.59 Å². The molecule has 0 atom stereocenters. The molecule has 0 unspecified atom stereocenters. The molecule has 0 radical (unpaired) electrons. The monoisotopic (exact) mass is 324 g/mol. The van der Waals surface area contributed by atoms with Gasteiger partial charge in [0.05, 0.1) is 11.3 Å². The minimum Gasteiger partial charge on any atom is -0.318 e. The lowest BCUT2D eigenvalue weighted by atomic mass is 10.1. The molecule has 1 aromatic heterocycles. The quantitative estimate of drug-likeness (QED) is 0.823. The zero-order valence-corrected chi connectivity index (χ0v) is 11.1. The van der Waals surface area contributed by atoms with Crippen LogP contribution < -0.4 is 5.32 Å². The summed E-state index contributed by atoms with van der Waals surface area (Å²) in [6, 6.07) is 3.36. The number of fused-ring (bicyclic) bond motifs is 1. The summed E-state index contributed by atoms with van der Waals surface area (Å²) in [5.74, 6) is -1.11. The number of anilines is 1. The number of Topliss-reactive ketones (excluding diaryl/α,β-unsaturated/α-hetero) is 1. The Morgan fingerprint density at radius 1 is 1.28 bits per heavy atom. The lowest BCUT2D eigenvalue weighted by Crippen LogP contribution is -2.12. The average Bonchev–Trinajstić information content (AvgIpc) is 2.92. The number of nitrogens with zero attached hydrogens (tertiary/aromatic N) is 2. The maximum absolute atomic E-state index is 11.5. The second kappa shape index (κ2) is 4.21. The Labute approximate surface area is 114 Å². The molecule has 18 heavy (non-hydrogen) atoms. The van der Waals surface area contributed by atoms with Crippen molar-refractivity contribution in [2.75, 3.05) is 5.32 Å². The largest absolute Gasteiger partial charge is 0.318 e. The minimum atomic E-state index is -0.598. The summed E-state index contributed by atoms with van der Waals surface area (Å²) in [6.45, 7) is 0. The molecule has 2 N–H and O–H groups in total. The van der Waals surface area contributed by atoms with Crippen molar-refractivity contribution < 1.29 is 9.59 Å². The van der Waals surface area contributed by atoms with Crippen LogP contribution in [0.25, 0.3) is 0 Å². The van der Waals surface area contributed by atoms with Crippen molar-refractivity contribution in [1.29, 1.82) is 0 Å². The Hall–Kier alpha value is -1.67. The highest BCUT2D eigenvalue weighted by atomic mass is 79.9. The summed E-state index contributed by atoms with van der Waals surface area (Å²) in [4.78, 5) is 27.6. The number of rotatable bonds is 2. The molecule has 0 aliphatic carbocycles. The van der Waals surface area contributed by atoms with Crippen LogP contribution >= 0.6 is 27.7 Å². The van der Waals surface area contributed by atoms with Crippen LogP contribution in [0.3, 0.4) is 0 Å². The van der Waals surface area contributed by atoms with Crippen LogP contribution in [0.15, 0.2) is 33.0 Å². The molecule has 1 aliphatic rings. The van der Waals surface area contributed by atoms with Crippen LogP contribution in [0.2, 0.25) is 0 Å². The molecule has 2 aromatic rings. The fourth-order valence-electron chi connectivity index (χ4n) is 1.57. The molecular weight excluding hydrogens is 320 g/mol. The van der Waals surface area contributed by atoms with Gasteiger partial charge in [0.2, 0.25) is 0 Å². The van der Waals surface area contributed by atoms with Gasteiger partial charge in [-0.3, -0.25) is 14.7 Å². The van der Waals surface area contributed by atoms with Crippen LogP contribution in [0, 0.1) is 0 Å². The maximum Gasteiger partial charge on any atom is 0.296 e. The lowest BCUT2D eigenvalue weighted by molar-refractivity contribution is -0.112. The number of nitrogens with one attached hydrogen (secondary N) is 2. The van der Waals surface area contributed by atoms with Gasteiger partial charge >= 0.3 is 0 Å². The lowest BCUT2D eigenvalue weighted by Gasteiger charge is -2.04. The van der Waals surface area contributed by atoms with E-state index in [1.165, 1.54) is 18.1 Å². The van der Waals surface area contributed by atoms with Crippen molar-refractivity contribution >= 4 is 45.1 Å². The van der Waals surface area contributed by atoms with E-state index >= 15 is 0 Å². The van der Waals surface area contributed by atoms with Gasteiger partial charge in [0.15, 0.2) is 5.16 Å². The number of benzene rings is 1. The van der Waals surface area contributed by atoms with Crippen molar-refractivity contribution in [2.45, 2.75) is 10.1 Å². The van der Waals surface area contributed by atoms with Crippen molar-refractivity contribution in [3.8, 4) is 0 Å². The number of ketones is 1. The van der Waals surface area contributed by atoms with Crippen molar-refractivity contribution in [1.82, 2.24) is 15.2 Å². The molecular formula is C10H5BrN4O2S. The number of aromatic nitrogens is 3. The molecule has 0 spiro atoms. The molecule has 2 heterocycles. The van der Waals surface area contributed by atoms with E-state index in [1.54, 1.807) is 12.1 Å². The molecule has 6 nitrogen and oxygen atoms in total. The first kappa shape index (κ1) is 11.4. The van der Waals surface area contributed by atoms with Crippen LogP contribution in [0.4, 0.5) is 5.69 Å². The zero-order valence-electron chi connectivity index (χ0n) is 8.73. The van der Waals surface area contributed by atoms with Crippen molar-refractivity contribution in [3.63, 3.8) is 0 Å². The highest BCUT2D eigenvalue weighted by molar-refractivity contribution is 9.10. The molecule has 90 valence electrons. The smallest absolute Gasteiger partial charge is 0.296 e. The normalized spacial score (nSPS) is 13.6. The van der Waals surface area contributed by atoms with Gasteiger partial charge in [-0.05, 0) is 39.8 Å². The fourth-order valence-corrected chi connectivity index (χ4v) is 2.90. The van der Waals surface area contributed by atoms with Gasteiger partial charge < -0.3 is 5.32 Å². The summed E-state index contributed by atoms with van der Waals surface area (Å²) in [5, 5.41) is 9.63. The first-order valence-corrected chi connectivity index (χ1v) is 6.48. The van der Waals surface area contributed by atoms with Gasteiger partial charge in [-0.25, -0.2) is 4.98 Å². The van der Waals surface area contributed by atoms with Crippen molar-refractivity contribution in [2.24, 2.45) is 0 Å². The van der Waals surface area contributed by atoms with E-state index in [2.05, 4.69) is 36.4 Å². The molecule has 8 heteroatoms. The average molecular weight is 325 g/mol. The minimum absolute atomic E-state index is 0.383. The Bertz CT molecular complexity index is 656. The molecule has 0 fully saturated rings. The third kappa shape index (κ3) is 1.83. The Morgan fingerprint density at radius 3 is 2.83 bits per heavy atom. The second-order valence-electron chi connectivity index (χ2n) is 3.50. The van der Waals surface area contributed by atoms with Crippen molar-refractivity contribution in [3.05, 3.63) is 28.5 Å². The number of carbonyl (C=O) groups excluding carboxylic acids is 2. The van der Waals surface area contributed by atoms with E-state index in [-0.39, 0.29) is 0 Å². The molecule has 3 rings (SSSR count). The number of aromatic amines is 1. The van der Waals surface area contributed by atoms with E-state index in [0.29, 0.717) is 16.4 Å². The van der Waals surface area contributed by atoms with E-state index in [1.807, 2.05) is 0 Å². The summed E-state index contributed by atoms with van der Waals surface area (Å²) < 4.78 is 0.729. The van der Waals surface area contributed by atoms with E-state index < -0.39 is 11.7 Å². The molecule has 1 aliphatic heterocycles. The zero-order chi connectivity index (χ0) is 12.7. The van der Waals surface area contributed by atoms with E-state index in [4.69, 9.17) is 0 Å². The van der Waals surface area contributed by atoms with Crippen LogP contribution in [-0.2, 0) is 4.79 Å². The Morgan fingerprint density at radius 2 is 2.11 bits per heavy atom. The van der Waals surface area contributed by atoms with Crippen LogP contribution in [0.1, 0.15) is 10.4 Å². The Kier molecular flexibility index (Phi) is 2.67. The third-order valence-electron chi connectivity index (χ3n) is 2.37. The second-order valence-corrected chi connectivity index (χ2v) is 5.39. The standard InChI is InChI=1S/C10H5BrN4O2S/c11-5-1-4-6(14-9(17)8(4)16)2-7(5)18-10-12-3-13-15-10/h1-3H,(H,12,13,15)(H,14,16,17). The van der Waals surface area contributed by atoms with E-state index in [0.717, 1.165) is 9.37 Å². The Balaban J connectivity index is 2.01. The van der Waals surface area contributed by atoms with Crippen LogP contribution in [-0.4, -0.2) is 26.9 Å². The summed E-state index contributed by atoms with van der Waals surface area (Å²) in [5.41, 5.74) is 0.906. The number of hydrogen-bond acceptors (Lipinski definition) is 5. The van der Waals surface area contributed by atoms with Crippen LogP contribution in [0.5, 0.6) is 0 Å². The predicted octanol–water partition coefficient (Wildman–Crippen LogP) is 1.85. The van der Waals surface area contributed by atoms with Gasteiger partial charge in [-0.15, -0.1) is 0 Å². The molecule has 1 aromatic carbocycles. The highest BCUT2D eigenvalue weighted by Crippen LogP contribution is 2.37. The third-order valence-corrected chi connectivity index (χ3v) is 4.24. The fraction of sp³-hybridized carbons (Fsp3) is 0. The number of hydrogen-bond donors (Lipinski definition) is 2. The van der Waals surface area contributed by atoms with Gasteiger partial charge in [0, 0.05) is 9.37 Å². The predicted molar refractivity (Wildman–Crippen MR) is 67.6 cm³/mol. The highest BCUT2D eigenvalue weighted by Gasteiger charge is 2.29. The number of H-pyrrole nitrogens is 1. The first-order chi connectivity index (χ1) is 8.65. The maximum atomic E-state index is 11.5. The summed E-state index contributed by atoms with van der Waals surface area (Å²) in [6.07, 6.45) is 1.41. The summed E-state index contributed by atoms with van der Waals surface area (Å²) >= 11 is 4.72. The molecule has 0 bridgehead atoms. The molecule has 0 saturated heterocycles. The number of carbonyl (C=O) groups is 2. The van der Waals surface area contributed by atoms with Gasteiger partial charge in [0.25, 0.3) is 11.7 Å². The number of amides is 1. The van der Waals surface area contributed by atoms with Gasteiger partial charge in [0.1, 0.15) is 6.33 Å². The first-order valence-electron chi connectivity index (χ1n) is 4.87. The number of halogens is 1. The molecule has 1 amide bonds. The SMILES string of the molecule is O=C1Nc2cc(Sc3ncn[nH]3)c(Br)cc2C1=O. The van der Waals surface area contributed by atoms with Gasteiger partial charge in [-0.2, -0.15) is 5.10 Å². The summed E-state index contributed by atoms with van der Waals surface area (Å²) in [7, 11) is 0. The molecule has 0 saturated carbocycles. The topological polar surface area (TPSA) is 87.7 Å².